The van der Waals surface area contributed by atoms with Gasteiger partial charge in [-0.25, -0.2) is 4.98 Å². The van der Waals surface area contributed by atoms with Crippen LogP contribution in [-0.2, 0) is 13.1 Å². The van der Waals surface area contributed by atoms with Crippen molar-refractivity contribution in [3.8, 4) is 5.88 Å². The van der Waals surface area contributed by atoms with Gasteiger partial charge in [0.2, 0.25) is 5.88 Å². The number of methoxy groups -OCH3 is 1. The molecule has 0 aliphatic heterocycles. The van der Waals surface area contributed by atoms with E-state index >= 15 is 0 Å². The molecule has 0 spiro atoms. The molecule has 2 aromatic rings. The first kappa shape index (κ1) is 11.6. The minimum Gasteiger partial charge on any atom is -0.481 e. The average molecular weight is 232 g/mol. The fraction of sp³-hybridized carbons (Fsp3) is 0.333. The number of nitrogens with one attached hydrogen (secondary N) is 1. The molecule has 1 N–H and O–H groups in total. The van der Waals surface area contributed by atoms with E-state index in [0.717, 1.165) is 25.2 Å². The molecule has 5 heteroatoms. The summed E-state index contributed by atoms with van der Waals surface area (Å²) in [4.78, 5) is 4.15. The van der Waals surface area contributed by atoms with Crippen LogP contribution in [0.15, 0.2) is 36.8 Å². The normalized spacial score (nSPS) is 10.4. The fourth-order valence-electron chi connectivity index (χ4n) is 1.50. The van der Waals surface area contributed by atoms with Crippen LogP contribution in [0.5, 0.6) is 5.88 Å². The molecule has 90 valence electrons. The molecule has 2 rings (SSSR count). The summed E-state index contributed by atoms with van der Waals surface area (Å²) in [6.45, 7) is 2.56. The van der Waals surface area contributed by atoms with Gasteiger partial charge in [-0.1, -0.05) is 6.07 Å². The van der Waals surface area contributed by atoms with Gasteiger partial charge in [0.05, 0.1) is 13.7 Å². The Kier molecular flexibility index (Phi) is 4.10. The van der Waals surface area contributed by atoms with Crippen LogP contribution in [0.4, 0.5) is 0 Å². The Hall–Kier alpha value is -1.88. The molecule has 0 aliphatic carbocycles. The molecule has 0 radical (unpaired) electrons. The van der Waals surface area contributed by atoms with Crippen molar-refractivity contribution < 1.29 is 4.74 Å². The zero-order valence-electron chi connectivity index (χ0n) is 9.84. The zero-order chi connectivity index (χ0) is 11.9. The highest BCUT2D eigenvalue weighted by Gasteiger charge is 1.95. The lowest BCUT2D eigenvalue weighted by Crippen LogP contribution is -2.19. The summed E-state index contributed by atoms with van der Waals surface area (Å²) < 4.78 is 6.90. The number of nitrogens with zero attached hydrogens (tertiary/aromatic N) is 3. The van der Waals surface area contributed by atoms with Crippen molar-refractivity contribution in [3.05, 3.63) is 42.4 Å². The minimum absolute atomic E-state index is 0.644. The Labute approximate surface area is 100 Å². The summed E-state index contributed by atoms with van der Waals surface area (Å²) in [6.07, 6.45) is 5.56. The number of hydrogen-bond donors (Lipinski definition) is 1. The van der Waals surface area contributed by atoms with E-state index in [1.54, 1.807) is 13.3 Å². The second kappa shape index (κ2) is 6.00. The van der Waals surface area contributed by atoms with Gasteiger partial charge in [0.25, 0.3) is 0 Å². The maximum absolute atomic E-state index is 5.00. The molecule has 0 saturated heterocycles. The number of pyridine rings is 1. The number of ether oxygens (including phenoxy) is 1. The molecule has 0 atom stereocenters. The Morgan fingerprint density at radius 1 is 1.41 bits per heavy atom. The van der Waals surface area contributed by atoms with E-state index in [4.69, 9.17) is 4.74 Å². The van der Waals surface area contributed by atoms with E-state index in [2.05, 4.69) is 15.4 Å². The first-order valence-corrected chi connectivity index (χ1v) is 5.55. The Bertz CT molecular complexity index is 424. The van der Waals surface area contributed by atoms with Crippen LogP contribution in [0.1, 0.15) is 5.56 Å². The quantitative estimate of drug-likeness (QED) is 0.757. The SMILES string of the molecule is COc1ccc(CNCCn2cccn2)cn1. The van der Waals surface area contributed by atoms with Crippen LogP contribution in [0.25, 0.3) is 0 Å². The highest BCUT2D eigenvalue weighted by Crippen LogP contribution is 2.05. The molecule has 0 amide bonds. The van der Waals surface area contributed by atoms with E-state index < -0.39 is 0 Å². The lowest BCUT2D eigenvalue weighted by atomic mass is 10.3. The van der Waals surface area contributed by atoms with Gasteiger partial charge in [0, 0.05) is 37.7 Å². The van der Waals surface area contributed by atoms with E-state index in [1.165, 1.54) is 0 Å². The molecule has 2 aromatic heterocycles. The van der Waals surface area contributed by atoms with E-state index in [-0.39, 0.29) is 0 Å². The van der Waals surface area contributed by atoms with E-state index in [9.17, 15) is 0 Å². The number of rotatable bonds is 6. The highest BCUT2D eigenvalue weighted by atomic mass is 16.5. The van der Waals surface area contributed by atoms with Gasteiger partial charge in [-0.2, -0.15) is 5.10 Å². The van der Waals surface area contributed by atoms with Crippen molar-refractivity contribution in [1.82, 2.24) is 20.1 Å². The maximum Gasteiger partial charge on any atom is 0.212 e. The standard InChI is InChI=1S/C12H16N4O/c1-17-12-4-3-11(10-14-12)9-13-6-8-16-7-2-5-15-16/h2-5,7,10,13H,6,8-9H2,1H3. The zero-order valence-corrected chi connectivity index (χ0v) is 9.84. The molecule has 0 fully saturated rings. The first-order valence-electron chi connectivity index (χ1n) is 5.55. The summed E-state index contributed by atoms with van der Waals surface area (Å²) in [5.74, 6) is 0.644. The van der Waals surface area contributed by atoms with Crippen LogP contribution >= 0.6 is 0 Å². The fourth-order valence-corrected chi connectivity index (χ4v) is 1.50. The van der Waals surface area contributed by atoms with Crippen molar-refractivity contribution >= 4 is 0 Å². The number of aromatic nitrogens is 3. The van der Waals surface area contributed by atoms with Crippen LogP contribution in [0.2, 0.25) is 0 Å². The molecule has 0 aromatic carbocycles. The molecule has 5 nitrogen and oxygen atoms in total. The van der Waals surface area contributed by atoms with Crippen LogP contribution in [-0.4, -0.2) is 28.4 Å². The van der Waals surface area contributed by atoms with Gasteiger partial charge >= 0.3 is 0 Å². The van der Waals surface area contributed by atoms with Gasteiger partial charge in [-0.05, 0) is 11.6 Å². The van der Waals surface area contributed by atoms with Crippen molar-refractivity contribution in [3.63, 3.8) is 0 Å². The van der Waals surface area contributed by atoms with Crippen LogP contribution < -0.4 is 10.1 Å². The van der Waals surface area contributed by atoms with Crippen molar-refractivity contribution in [2.75, 3.05) is 13.7 Å². The smallest absolute Gasteiger partial charge is 0.212 e. The van der Waals surface area contributed by atoms with Gasteiger partial charge in [-0.3, -0.25) is 4.68 Å². The lowest BCUT2D eigenvalue weighted by Gasteiger charge is -2.05. The summed E-state index contributed by atoms with van der Waals surface area (Å²) in [6, 6.07) is 5.80. The number of hydrogen-bond acceptors (Lipinski definition) is 4. The summed E-state index contributed by atoms with van der Waals surface area (Å²) >= 11 is 0. The van der Waals surface area contributed by atoms with Gasteiger partial charge in [0.1, 0.15) is 0 Å². The largest absolute Gasteiger partial charge is 0.481 e. The topological polar surface area (TPSA) is 52.0 Å². The summed E-state index contributed by atoms with van der Waals surface area (Å²) in [5.41, 5.74) is 1.14. The highest BCUT2D eigenvalue weighted by molar-refractivity contribution is 5.17. The predicted octanol–water partition coefficient (Wildman–Crippen LogP) is 1.08. The molecular formula is C12H16N4O. The molecule has 2 heterocycles. The Morgan fingerprint density at radius 2 is 2.35 bits per heavy atom. The summed E-state index contributed by atoms with van der Waals surface area (Å²) in [5, 5.41) is 7.47. The van der Waals surface area contributed by atoms with Crippen molar-refractivity contribution in [2.24, 2.45) is 0 Å². The molecule has 0 saturated carbocycles. The summed E-state index contributed by atoms with van der Waals surface area (Å²) in [7, 11) is 1.62. The molecule has 0 bridgehead atoms. The van der Waals surface area contributed by atoms with Crippen molar-refractivity contribution in [1.29, 1.82) is 0 Å². The van der Waals surface area contributed by atoms with E-state index in [1.807, 2.05) is 35.3 Å². The third-order valence-electron chi connectivity index (χ3n) is 2.41. The Balaban J connectivity index is 1.70. The average Bonchev–Trinajstić information content (AvgIpc) is 2.88. The van der Waals surface area contributed by atoms with Gasteiger partial charge < -0.3 is 10.1 Å². The minimum atomic E-state index is 0.644. The molecule has 17 heavy (non-hydrogen) atoms. The maximum atomic E-state index is 5.00. The first-order chi connectivity index (χ1) is 8.38. The van der Waals surface area contributed by atoms with Gasteiger partial charge in [0.15, 0.2) is 0 Å². The van der Waals surface area contributed by atoms with Crippen LogP contribution in [0, 0.1) is 0 Å². The third-order valence-corrected chi connectivity index (χ3v) is 2.41. The second-order valence-corrected chi connectivity index (χ2v) is 3.65. The lowest BCUT2D eigenvalue weighted by molar-refractivity contribution is 0.397. The van der Waals surface area contributed by atoms with Crippen molar-refractivity contribution in [2.45, 2.75) is 13.1 Å². The molecule has 0 unspecified atom stereocenters. The third kappa shape index (κ3) is 3.57. The molecule has 0 aliphatic rings. The van der Waals surface area contributed by atoms with Crippen LogP contribution in [0.3, 0.4) is 0 Å². The Morgan fingerprint density at radius 3 is 3.00 bits per heavy atom. The van der Waals surface area contributed by atoms with Gasteiger partial charge in [-0.15, -0.1) is 0 Å². The molecular weight excluding hydrogens is 216 g/mol. The second-order valence-electron chi connectivity index (χ2n) is 3.65. The monoisotopic (exact) mass is 232 g/mol. The predicted molar refractivity (Wildman–Crippen MR) is 64.7 cm³/mol. The van der Waals surface area contributed by atoms with E-state index in [0.29, 0.717) is 5.88 Å².